The maximum Gasteiger partial charge on any atom is 0.130 e. The highest BCUT2D eigenvalue weighted by atomic mass is 16.5. The van der Waals surface area contributed by atoms with E-state index in [1.165, 1.54) is 17.7 Å². The van der Waals surface area contributed by atoms with Crippen molar-refractivity contribution in [2.75, 3.05) is 26.1 Å². The Hall–Kier alpha value is -2.16. The third-order valence-electron chi connectivity index (χ3n) is 3.77. The minimum atomic E-state index is 0.838. The molecule has 1 aliphatic heterocycles. The zero-order chi connectivity index (χ0) is 13.9. The predicted molar refractivity (Wildman–Crippen MR) is 81.8 cm³/mol. The molecule has 1 aliphatic rings. The number of nitrogens with one attached hydrogen (secondary N) is 1. The fraction of sp³-hybridized carbons (Fsp3) is 0.294. The molecular formula is C17H19NO2. The van der Waals surface area contributed by atoms with E-state index in [9.17, 15) is 0 Å². The molecule has 3 heteroatoms. The monoisotopic (exact) mass is 269 g/mol. The molecule has 1 N–H and O–H groups in total. The summed E-state index contributed by atoms with van der Waals surface area (Å²) in [5.41, 5.74) is 4.74. The third-order valence-corrected chi connectivity index (χ3v) is 3.77. The van der Waals surface area contributed by atoms with Gasteiger partial charge in [0.15, 0.2) is 0 Å². The van der Waals surface area contributed by atoms with E-state index in [1.54, 1.807) is 14.2 Å². The van der Waals surface area contributed by atoms with Gasteiger partial charge in [0.1, 0.15) is 11.5 Å². The number of fused-ring (bicyclic) bond motifs is 1. The Balaban J connectivity index is 2.23. The molecule has 2 aromatic rings. The third kappa shape index (κ3) is 2.09. The summed E-state index contributed by atoms with van der Waals surface area (Å²) in [5, 5.41) is 3.52. The lowest BCUT2D eigenvalue weighted by molar-refractivity contribution is 0.397. The first-order valence-electron chi connectivity index (χ1n) is 6.92. The van der Waals surface area contributed by atoms with Crippen LogP contribution in [0.25, 0.3) is 11.1 Å². The van der Waals surface area contributed by atoms with E-state index in [-0.39, 0.29) is 0 Å². The topological polar surface area (TPSA) is 30.5 Å². The zero-order valence-electron chi connectivity index (χ0n) is 11.9. The summed E-state index contributed by atoms with van der Waals surface area (Å²) in [6.07, 6.45) is 2.30. The lowest BCUT2D eigenvalue weighted by atomic mass is 9.94. The normalized spacial score (nSPS) is 13.3. The Labute approximate surface area is 119 Å². The fourth-order valence-electron chi connectivity index (χ4n) is 2.83. The standard InChI is InChI=1S/C17H19NO2/c1-19-14-9-4-10-15(20-2)16(14)13-8-3-6-12-7-5-11-18-17(12)13/h3-4,6,8-10,18H,5,7,11H2,1-2H3. The van der Waals surface area contributed by atoms with Gasteiger partial charge in [0.05, 0.1) is 19.8 Å². The number of para-hydroxylation sites is 1. The van der Waals surface area contributed by atoms with Gasteiger partial charge in [0.2, 0.25) is 0 Å². The Bertz CT molecular complexity index is 600. The van der Waals surface area contributed by atoms with Crippen molar-refractivity contribution in [3.8, 4) is 22.6 Å². The van der Waals surface area contributed by atoms with Crippen LogP contribution in [0.5, 0.6) is 11.5 Å². The lowest BCUT2D eigenvalue weighted by Gasteiger charge is -2.23. The molecule has 2 aromatic carbocycles. The predicted octanol–water partition coefficient (Wildman–Crippen LogP) is 3.73. The van der Waals surface area contributed by atoms with Gasteiger partial charge in [-0.3, -0.25) is 0 Å². The summed E-state index contributed by atoms with van der Waals surface area (Å²) in [6.45, 7) is 1.02. The van der Waals surface area contributed by atoms with Crippen LogP contribution in [-0.2, 0) is 6.42 Å². The van der Waals surface area contributed by atoms with Crippen molar-refractivity contribution in [2.45, 2.75) is 12.8 Å². The van der Waals surface area contributed by atoms with Gasteiger partial charge in [-0.25, -0.2) is 0 Å². The summed E-state index contributed by atoms with van der Waals surface area (Å²) in [7, 11) is 3.39. The van der Waals surface area contributed by atoms with Crippen molar-refractivity contribution < 1.29 is 9.47 Å². The van der Waals surface area contributed by atoms with E-state index in [0.717, 1.165) is 35.6 Å². The summed E-state index contributed by atoms with van der Waals surface area (Å²) in [5.74, 6) is 1.68. The maximum absolute atomic E-state index is 5.53. The molecule has 3 rings (SSSR count). The second-order valence-corrected chi connectivity index (χ2v) is 4.91. The molecule has 0 aliphatic carbocycles. The Morgan fingerprint density at radius 2 is 1.65 bits per heavy atom. The Morgan fingerprint density at radius 3 is 2.35 bits per heavy atom. The Morgan fingerprint density at radius 1 is 0.950 bits per heavy atom. The first kappa shape index (κ1) is 12.9. The lowest BCUT2D eigenvalue weighted by Crippen LogP contribution is -2.12. The molecule has 0 bridgehead atoms. The van der Waals surface area contributed by atoms with E-state index in [2.05, 4.69) is 23.5 Å². The zero-order valence-corrected chi connectivity index (χ0v) is 11.9. The molecule has 0 saturated carbocycles. The van der Waals surface area contributed by atoms with E-state index < -0.39 is 0 Å². The van der Waals surface area contributed by atoms with Gasteiger partial charge in [0.25, 0.3) is 0 Å². The van der Waals surface area contributed by atoms with Gasteiger partial charge in [-0.15, -0.1) is 0 Å². The summed E-state index contributed by atoms with van der Waals surface area (Å²) in [4.78, 5) is 0. The molecule has 0 fully saturated rings. The molecule has 0 radical (unpaired) electrons. The van der Waals surface area contributed by atoms with Crippen molar-refractivity contribution in [2.24, 2.45) is 0 Å². The molecular weight excluding hydrogens is 250 g/mol. The van der Waals surface area contributed by atoms with Crippen LogP contribution in [0.4, 0.5) is 5.69 Å². The number of hydrogen-bond donors (Lipinski definition) is 1. The van der Waals surface area contributed by atoms with Crippen LogP contribution >= 0.6 is 0 Å². The molecule has 0 saturated heterocycles. The van der Waals surface area contributed by atoms with E-state index in [4.69, 9.17) is 9.47 Å². The number of rotatable bonds is 3. The van der Waals surface area contributed by atoms with Crippen molar-refractivity contribution in [3.05, 3.63) is 42.0 Å². The number of anilines is 1. The number of hydrogen-bond acceptors (Lipinski definition) is 3. The van der Waals surface area contributed by atoms with Crippen LogP contribution in [0.1, 0.15) is 12.0 Å². The fourth-order valence-corrected chi connectivity index (χ4v) is 2.83. The number of ether oxygens (including phenoxy) is 2. The molecule has 0 unspecified atom stereocenters. The highest BCUT2D eigenvalue weighted by Gasteiger charge is 2.19. The highest BCUT2D eigenvalue weighted by Crippen LogP contribution is 2.43. The van der Waals surface area contributed by atoms with Crippen LogP contribution in [-0.4, -0.2) is 20.8 Å². The molecule has 20 heavy (non-hydrogen) atoms. The van der Waals surface area contributed by atoms with Crippen LogP contribution in [0, 0.1) is 0 Å². The van der Waals surface area contributed by atoms with Crippen molar-refractivity contribution >= 4 is 5.69 Å². The SMILES string of the molecule is COc1cccc(OC)c1-c1cccc2c1NCCC2. The molecule has 3 nitrogen and oxygen atoms in total. The average molecular weight is 269 g/mol. The first-order chi connectivity index (χ1) is 9.85. The number of aryl methyl sites for hydroxylation is 1. The van der Waals surface area contributed by atoms with Gasteiger partial charge in [-0.1, -0.05) is 24.3 Å². The van der Waals surface area contributed by atoms with Gasteiger partial charge in [-0.2, -0.15) is 0 Å². The summed E-state index contributed by atoms with van der Waals surface area (Å²) < 4.78 is 11.1. The minimum Gasteiger partial charge on any atom is -0.496 e. The summed E-state index contributed by atoms with van der Waals surface area (Å²) in [6, 6.07) is 12.3. The minimum absolute atomic E-state index is 0.838. The van der Waals surface area contributed by atoms with Crippen LogP contribution in [0.2, 0.25) is 0 Å². The van der Waals surface area contributed by atoms with Gasteiger partial charge < -0.3 is 14.8 Å². The smallest absolute Gasteiger partial charge is 0.130 e. The second-order valence-electron chi connectivity index (χ2n) is 4.91. The molecule has 0 amide bonds. The second kappa shape index (κ2) is 5.45. The molecule has 0 aromatic heterocycles. The Kier molecular flexibility index (Phi) is 3.50. The van der Waals surface area contributed by atoms with E-state index >= 15 is 0 Å². The van der Waals surface area contributed by atoms with E-state index in [0.29, 0.717) is 0 Å². The van der Waals surface area contributed by atoms with Crippen LogP contribution < -0.4 is 14.8 Å². The maximum atomic E-state index is 5.53. The summed E-state index contributed by atoms with van der Waals surface area (Å²) >= 11 is 0. The first-order valence-corrected chi connectivity index (χ1v) is 6.92. The van der Waals surface area contributed by atoms with Gasteiger partial charge in [0, 0.05) is 17.8 Å². The van der Waals surface area contributed by atoms with Gasteiger partial charge >= 0.3 is 0 Å². The van der Waals surface area contributed by atoms with Crippen molar-refractivity contribution in [1.82, 2.24) is 0 Å². The van der Waals surface area contributed by atoms with Gasteiger partial charge in [-0.05, 0) is 30.5 Å². The molecule has 0 atom stereocenters. The van der Waals surface area contributed by atoms with E-state index in [1.807, 2.05) is 18.2 Å². The number of benzene rings is 2. The van der Waals surface area contributed by atoms with Crippen LogP contribution in [0.15, 0.2) is 36.4 Å². The number of methoxy groups -OCH3 is 2. The molecule has 0 spiro atoms. The molecule has 104 valence electrons. The average Bonchev–Trinajstić information content (AvgIpc) is 2.53. The highest BCUT2D eigenvalue weighted by molar-refractivity contribution is 5.87. The molecule has 1 heterocycles. The van der Waals surface area contributed by atoms with Crippen molar-refractivity contribution in [1.29, 1.82) is 0 Å². The van der Waals surface area contributed by atoms with Crippen molar-refractivity contribution in [3.63, 3.8) is 0 Å². The quantitative estimate of drug-likeness (QED) is 0.921. The van der Waals surface area contributed by atoms with Crippen LogP contribution in [0.3, 0.4) is 0 Å². The largest absolute Gasteiger partial charge is 0.496 e.